The van der Waals surface area contributed by atoms with Crippen LogP contribution in [-0.4, -0.2) is 42.9 Å². The van der Waals surface area contributed by atoms with Gasteiger partial charge in [-0.25, -0.2) is 13.1 Å². The summed E-state index contributed by atoms with van der Waals surface area (Å²) >= 11 is 2.92. The van der Waals surface area contributed by atoms with Crippen molar-refractivity contribution in [1.82, 2.24) is 14.2 Å². The lowest BCUT2D eigenvalue weighted by atomic mass is 10.0. The highest BCUT2D eigenvalue weighted by Crippen LogP contribution is 2.23. The summed E-state index contributed by atoms with van der Waals surface area (Å²) in [7, 11) is -3.48. The molecule has 0 bridgehead atoms. The second-order valence-electron chi connectivity index (χ2n) is 7.57. The van der Waals surface area contributed by atoms with Crippen molar-refractivity contribution in [3.05, 3.63) is 62.9 Å². The molecule has 0 unspecified atom stereocenters. The average molecular weight is 464 g/mol. The van der Waals surface area contributed by atoms with Gasteiger partial charge in [0.15, 0.2) is 0 Å². The molecular formula is C21H25N3O3S3. The van der Waals surface area contributed by atoms with Gasteiger partial charge >= 0.3 is 0 Å². The fraction of sp³-hybridized carbons (Fsp3) is 0.381. The number of hydrogen-bond acceptors (Lipinski definition) is 5. The second kappa shape index (κ2) is 8.66. The first-order valence-electron chi connectivity index (χ1n) is 9.89. The van der Waals surface area contributed by atoms with E-state index in [1.807, 2.05) is 30.9 Å². The van der Waals surface area contributed by atoms with Crippen LogP contribution < -0.4 is 4.72 Å². The number of nitrogens with zero attached hydrogens (tertiary/aromatic N) is 2. The Hall–Kier alpha value is -1.94. The van der Waals surface area contributed by atoms with Crippen molar-refractivity contribution in [1.29, 1.82) is 0 Å². The number of amides is 1. The largest absolute Gasteiger partial charge is 0.343 e. The zero-order valence-electron chi connectivity index (χ0n) is 17.0. The molecule has 1 saturated heterocycles. The molecule has 3 aromatic heterocycles. The molecule has 6 nitrogen and oxygen atoms in total. The van der Waals surface area contributed by atoms with Crippen LogP contribution in [-0.2, 0) is 16.6 Å². The molecule has 1 aliphatic rings. The highest BCUT2D eigenvalue weighted by molar-refractivity contribution is 7.91. The molecule has 160 valence electrons. The topological polar surface area (TPSA) is 71.4 Å². The number of piperidine rings is 1. The molecule has 4 rings (SSSR count). The molecule has 1 fully saturated rings. The number of carbonyl (C=O) groups excluding carboxylic acids is 1. The molecule has 0 aliphatic carbocycles. The summed E-state index contributed by atoms with van der Waals surface area (Å²) in [5, 5.41) is 3.82. The van der Waals surface area contributed by atoms with Crippen LogP contribution in [0.3, 0.4) is 0 Å². The van der Waals surface area contributed by atoms with Crippen molar-refractivity contribution in [3.63, 3.8) is 0 Å². The number of nitrogens with one attached hydrogen (secondary N) is 1. The minimum Gasteiger partial charge on any atom is -0.343 e. The van der Waals surface area contributed by atoms with E-state index < -0.39 is 10.0 Å². The molecule has 0 atom stereocenters. The first-order chi connectivity index (χ1) is 14.3. The number of thiophene rings is 2. The van der Waals surface area contributed by atoms with Gasteiger partial charge in [-0.1, -0.05) is 12.1 Å². The molecule has 9 heteroatoms. The van der Waals surface area contributed by atoms with Crippen LogP contribution in [0.2, 0.25) is 0 Å². The summed E-state index contributed by atoms with van der Waals surface area (Å²) in [5.41, 5.74) is 2.79. The molecule has 4 heterocycles. The zero-order valence-corrected chi connectivity index (χ0v) is 19.4. The smallest absolute Gasteiger partial charge is 0.255 e. The molecule has 1 aliphatic heterocycles. The number of hydrogen-bond donors (Lipinski definition) is 1. The summed E-state index contributed by atoms with van der Waals surface area (Å²) in [5.74, 6) is 0.0279. The summed E-state index contributed by atoms with van der Waals surface area (Å²) in [4.78, 5) is 16.2. The Morgan fingerprint density at radius 2 is 1.83 bits per heavy atom. The summed E-state index contributed by atoms with van der Waals surface area (Å²) < 4.78 is 30.2. The minimum absolute atomic E-state index is 0.0279. The van der Waals surface area contributed by atoms with E-state index >= 15 is 0 Å². The molecular weight excluding hydrogens is 438 g/mol. The van der Waals surface area contributed by atoms with E-state index in [0.29, 0.717) is 30.1 Å². The van der Waals surface area contributed by atoms with Crippen molar-refractivity contribution in [2.24, 2.45) is 0 Å². The van der Waals surface area contributed by atoms with Crippen LogP contribution in [0, 0.1) is 13.8 Å². The number of carbonyl (C=O) groups is 1. The Labute approximate surface area is 185 Å². The van der Waals surface area contributed by atoms with Crippen molar-refractivity contribution >= 4 is 38.6 Å². The van der Waals surface area contributed by atoms with Gasteiger partial charge in [0.25, 0.3) is 5.91 Å². The Bertz CT molecular complexity index is 1110. The Morgan fingerprint density at radius 3 is 2.47 bits per heavy atom. The number of sulfonamides is 1. The zero-order chi connectivity index (χ0) is 21.3. The number of aromatic nitrogens is 1. The van der Waals surface area contributed by atoms with E-state index in [9.17, 15) is 13.2 Å². The molecule has 0 aromatic carbocycles. The van der Waals surface area contributed by atoms with Crippen LogP contribution in [0.4, 0.5) is 0 Å². The summed E-state index contributed by atoms with van der Waals surface area (Å²) in [6.07, 6.45) is 1.23. The molecule has 1 N–H and O–H groups in total. The third-order valence-corrected chi connectivity index (χ3v) is 9.34. The average Bonchev–Trinajstić information content (AvgIpc) is 3.47. The van der Waals surface area contributed by atoms with Gasteiger partial charge in [-0.3, -0.25) is 4.79 Å². The van der Waals surface area contributed by atoms with Crippen molar-refractivity contribution in [2.75, 3.05) is 13.1 Å². The van der Waals surface area contributed by atoms with Crippen molar-refractivity contribution < 1.29 is 13.2 Å². The van der Waals surface area contributed by atoms with Crippen LogP contribution >= 0.6 is 22.7 Å². The van der Waals surface area contributed by atoms with Crippen molar-refractivity contribution in [2.45, 2.75) is 43.5 Å². The lowest BCUT2D eigenvalue weighted by molar-refractivity contribution is 0.0710. The maximum atomic E-state index is 13.1. The second-order valence-corrected chi connectivity index (χ2v) is 11.5. The van der Waals surface area contributed by atoms with Crippen LogP contribution in [0.1, 0.15) is 39.5 Å². The maximum Gasteiger partial charge on any atom is 0.255 e. The number of aryl methyl sites for hydroxylation is 1. The molecule has 0 radical (unpaired) electrons. The molecule has 0 saturated carbocycles. The lowest BCUT2D eigenvalue weighted by Gasteiger charge is -2.32. The number of likely N-dealkylation sites (tertiary alicyclic amines) is 1. The van der Waals surface area contributed by atoms with Gasteiger partial charge in [0.1, 0.15) is 4.21 Å². The van der Waals surface area contributed by atoms with E-state index in [1.165, 1.54) is 16.2 Å². The molecule has 30 heavy (non-hydrogen) atoms. The number of rotatable bonds is 6. The standard InChI is InChI=1S/C21H25N3O3S3/c1-15-13-19(16(2)24(15)14-18-5-3-11-28-18)21(25)23-9-7-17(8-10-23)22-30(26,27)20-6-4-12-29-20/h3-6,11-13,17,22H,7-10,14H2,1-2H3. The quantitative estimate of drug-likeness (QED) is 0.603. The predicted octanol–water partition coefficient (Wildman–Crippen LogP) is 3.86. The van der Waals surface area contributed by atoms with Gasteiger partial charge in [0.2, 0.25) is 10.0 Å². The third-order valence-electron chi connectivity index (χ3n) is 5.56. The fourth-order valence-electron chi connectivity index (χ4n) is 3.88. The van der Waals surface area contributed by atoms with Crippen LogP contribution in [0.25, 0.3) is 0 Å². The summed E-state index contributed by atoms with van der Waals surface area (Å²) in [6, 6.07) is 9.31. The highest BCUT2D eigenvalue weighted by atomic mass is 32.2. The fourth-order valence-corrected chi connectivity index (χ4v) is 6.89. The van der Waals surface area contributed by atoms with E-state index in [2.05, 4.69) is 20.7 Å². The summed E-state index contributed by atoms with van der Waals surface area (Å²) in [6.45, 7) is 5.89. The normalized spacial score (nSPS) is 15.6. The van der Waals surface area contributed by atoms with Gasteiger partial charge in [0, 0.05) is 35.4 Å². The monoisotopic (exact) mass is 463 g/mol. The first-order valence-corrected chi connectivity index (χ1v) is 13.1. The van der Waals surface area contributed by atoms with Gasteiger partial charge < -0.3 is 9.47 Å². The van der Waals surface area contributed by atoms with Crippen molar-refractivity contribution in [3.8, 4) is 0 Å². The minimum atomic E-state index is -3.48. The van der Waals surface area contributed by atoms with E-state index in [-0.39, 0.29) is 11.9 Å². The highest BCUT2D eigenvalue weighted by Gasteiger charge is 2.29. The van der Waals surface area contributed by atoms with Gasteiger partial charge in [-0.15, -0.1) is 22.7 Å². The van der Waals surface area contributed by atoms with Gasteiger partial charge in [-0.05, 0) is 55.6 Å². The Morgan fingerprint density at radius 1 is 1.13 bits per heavy atom. The van der Waals surface area contributed by atoms with Crippen LogP contribution in [0.5, 0.6) is 0 Å². The Kier molecular flexibility index (Phi) is 6.15. The van der Waals surface area contributed by atoms with Gasteiger partial charge in [-0.2, -0.15) is 0 Å². The SMILES string of the molecule is Cc1cc(C(=O)N2CCC(NS(=O)(=O)c3cccs3)CC2)c(C)n1Cc1cccs1. The predicted molar refractivity (Wildman–Crippen MR) is 121 cm³/mol. The first kappa shape index (κ1) is 21.3. The molecule has 3 aromatic rings. The van der Waals surface area contributed by atoms with E-state index in [0.717, 1.165) is 23.5 Å². The molecule has 1 amide bonds. The third kappa shape index (κ3) is 4.39. The van der Waals surface area contributed by atoms with E-state index in [4.69, 9.17) is 0 Å². The lowest BCUT2D eigenvalue weighted by Crippen LogP contribution is -2.46. The van der Waals surface area contributed by atoms with Crippen LogP contribution in [0.15, 0.2) is 45.3 Å². The Balaban J connectivity index is 1.40. The van der Waals surface area contributed by atoms with E-state index in [1.54, 1.807) is 28.8 Å². The maximum absolute atomic E-state index is 13.1. The van der Waals surface area contributed by atoms with Gasteiger partial charge in [0.05, 0.1) is 12.1 Å². The molecule has 0 spiro atoms.